The Kier molecular flexibility index (Phi) is 4.71. The van der Waals surface area contributed by atoms with Gasteiger partial charge in [-0.25, -0.2) is 4.98 Å². The number of rotatable bonds is 4. The van der Waals surface area contributed by atoms with Crippen molar-refractivity contribution in [2.45, 2.75) is 31.2 Å². The van der Waals surface area contributed by atoms with Crippen LogP contribution in [-0.2, 0) is 5.54 Å². The van der Waals surface area contributed by atoms with Gasteiger partial charge in [-0.2, -0.15) is 0 Å². The molecule has 0 bridgehead atoms. The van der Waals surface area contributed by atoms with Gasteiger partial charge in [0.25, 0.3) is 0 Å². The van der Waals surface area contributed by atoms with E-state index in [9.17, 15) is 0 Å². The Morgan fingerprint density at radius 1 is 1.17 bits per heavy atom. The Balaban J connectivity index is 1.77. The Bertz CT molecular complexity index is 671. The van der Waals surface area contributed by atoms with E-state index < -0.39 is 0 Å². The van der Waals surface area contributed by atoms with Gasteiger partial charge in [-0.15, -0.1) is 0 Å². The number of pyridine rings is 2. The normalized spacial score (nSPS) is 15.9. The molecule has 23 heavy (non-hydrogen) atoms. The Labute approximate surface area is 141 Å². The maximum absolute atomic E-state index is 5.52. The van der Waals surface area contributed by atoms with Crippen LogP contribution in [0.5, 0.6) is 5.75 Å². The number of nitrogens with zero attached hydrogens (tertiary/aromatic N) is 2. The van der Waals surface area contributed by atoms with E-state index in [1.54, 1.807) is 13.3 Å². The van der Waals surface area contributed by atoms with Crippen LogP contribution in [0, 0.1) is 0 Å². The van der Waals surface area contributed by atoms with Crippen molar-refractivity contribution in [3.05, 3.63) is 48.4 Å². The Hall–Kier alpha value is -2.21. The molecule has 1 aliphatic carbocycles. The van der Waals surface area contributed by atoms with Crippen molar-refractivity contribution in [2.24, 2.45) is 0 Å². The number of nitrogens with one attached hydrogen (secondary N) is 2. The molecule has 1 fully saturated rings. The fraction of sp³-hybridized carbons (Fsp3) is 0.353. The van der Waals surface area contributed by atoms with E-state index in [-0.39, 0.29) is 5.54 Å². The number of anilines is 1. The van der Waals surface area contributed by atoms with Crippen molar-refractivity contribution in [1.29, 1.82) is 0 Å². The Morgan fingerprint density at radius 3 is 2.61 bits per heavy atom. The molecule has 1 saturated carbocycles. The zero-order valence-corrected chi connectivity index (χ0v) is 13.9. The summed E-state index contributed by atoms with van der Waals surface area (Å²) in [5.74, 6) is 1.29. The maximum atomic E-state index is 5.52. The summed E-state index contributed by atoms with van der Waals surface area (Å²) < 4.78 is 5.31. The summed E-state index contributed by atoms with van der Waals surface area (Å²) in [6.07, 6.45) is 9.85. The number of ether oxygens (including phenoxy) is 1. The first-order chi connectivity index (χ1) is 11.2. The predicted molar refractivity (Wildman–Crippen MR) is 94.5 cm³/mol. The SMILES string of the molecule is COc1cccnc1NC(=S)NC1(c2ccncc2)CCCC1. The van der Waals surface area contributed by atoms with Crippen LogP contribution in [0.4, 0.5) is 5.82 Å². The third-order valence-corrected chi connectivity index (χ3v) is 4.47. The summed E-state index contributed by atoms with van der Waals surface area (Å²) in [4.78, 5) is 8.40. The van der Waals surface area contributed by atoms with Gasteiger partial charge in [0.05, 0.1) is 12.6 Å². The van der Waals surface area contributed by atoms with Crippen molar-refractivity contribution in [1.82, 2.24) is 15.3 Å². The zero-order valence-electron chi connectivity index (χ0n) is 13.1. The molecule has 120 valence electrons. The standard InChI is InChI=1S/C17H20N4OS/c1-22-14-5-4-10-19-15(14)20-16(23)21-17(8-2-3-9-17)13-6-11-18-12-7-13/h4-7,10-12H,2-3,8-9H2,1H3,(H2,19,20,21,23). The predicted octanol–water partition coefficient (Wildman–Crippen LogP) is 3.24. The number of hydrogen-bond acceptors (Lipinski definition) is 4. The highest BCUT2D eigenvalue weighted by Crippen LogP contribution is 2.38. The summed E-state index contributed by atoms with van der Waals surface area (Å²) in [6.45, 7) is 0. The second-order valence-corrected chi connectivity index (χ2v) is 6.07. The molecule has 1 aliphatic rings. The number of methoxy groups -OCH3 is 1. The molecule has 2 heterocycles. The molecular weight excluding hydrogens is 308 g/mol. The smallest absolute Gasteiger partial charge is 0.174 e. The average molecular weight is 328 g/mol. The monoisotopic (exact) mass is 328 g/mol. The van der Waals surface area contributed by atoms with Crippen LogP contribution in [-0.4, -0.2) is 22.2 Å². The van der Waals surface area contributed by atoms with Crippen LogP contribution in [0.3, 0.4) is 0 Å². The molecule has 0 amide bonds. The molecule has 0 atom stereocenters. The lowest BCUT2D eigenvalue weighted by molar-refractivity contribution is 0.406. The number of aromatic nitrogens is 2. The Morgan fingerprint density at radius 2 is 1.91 bits per heavy atom. The minimum absolute atomic E-state index is 0.130. The summed E-state index contributed by atoms with van der Waals surface area (Å²) in [5, 5.41) is 7.21. The summed E-state index contributed by atoms with van der Waals surface area (Å²) in [7, 11) is 1.62. The van der Waals surface area contributed by atoms with Gasteiger partial charge >= 0.3 is 0 Å². The molecular formula is C17H20N4OS. The molecule has 0 spiro atoms. The second kappa shape index (κ2) is 6.91. The van der Waals surface area contributed by atoms with Crippen molar-refractivity contribution in [2.75, 3.05) is 12.4 Å². The lowest BCUT2D eigenvalue weighted by atomic mass is 9.89. The van der Waals surface area contributed by atoms with Gasteiger partial charge in [-0.1, -0.05) is 12.8 Å². The molecule has 0 radical (unpaired) electrons. The van der Waals surface area contributed by atoms with E-state index >= 15 is 0 Å². The summed E-state index contributed by atoms with van der Waals surface area (Å²) in [5.41, 5.74) is 1.09. The van der Waals surface area contributed by atoms with Gasteiger partial charge in [0, 0.05) is 18.6 Å². The van der Waals surface area contributed by atoms with Gasteiger partial charge in [0.15, 0.2) is 16.7 Å². The van der Waals surface area contributed by atoms with Gasteiger partial charge in [0.1, 0.15) is 0 Å². The quantitative estimate of drug-likeness (QED) is 0.840. The molecule has 0 unspecified atom stereocenters. The van der Waals surface area contributed by atoms with Gasteiger partial charge in [0.2, 0.25) is 0 Å². The molecule has 2 N–H and O–H groups in total. The molecule has 3 rings (SSSR count). The summed E-state index contributed by atoms with van der Waals surface area (Å²) in [6, 6.07) is 7.80. The minimum Gasteiger partial charge on any atom is -0.493 e. The fourth-order valence-corrected chi connectivity index (χ4v) is 3.43. The van der Waals surface area contributed by atoms with Crippen molar-refractivity contribution in [3.63, 3.8) is 0 Å². The fourth-order valence-electron chi connectivity index (χ4n) is 3.14. The largest absolute Gasteiger partial charge is 0.493 e. The molecule has 0 saturated heterocycles. The van der Waals surface area contributed by atoms with Crippen molar-refractivity contribution < 1.29 is 4.74 Å². The van der Waals surface area contributed by atoms with Crippen LogP contribution in [0.25, 0.3) is 0 Å². The van der Waals surface area contributed by atoms with E-state index in [1.807, 2.05) is 24.5 Å². The molecule has 2 aromatic heterocycles. The van der Waals surface area contributed by atoms with Gasteiger partial charge < -0.3 is 15.4 Å². The first-order valence-corrected chi connectivity index (χ1v) is 8.13. The number of hydrogen-bond donors (Lipinski definition) is 2. The van der Waals surface area contributed by atoms with Crippen LogP contribution in [0.15, 0.2) is 42.9 Å². The second-order valence-electron chi connectivity index (χ2n) is 5.66. The topological polar surface area (TPSA) is 59.1 Å². The zero-order chi connectivity index (χ0) is 16.1. The molecule has 0 aliphatic heterocycles. The first-order valence-electron chi connectivity index (χ1n) is 7.72. The van der Waals surface area contributed by atoms with E-state index in [0.717, 1.165) is 12.8 Å². The first kappa shape index (κ1) is 15.7. The molecule has 6 heteroatoms. The highest BCUT2D eigenvalue weighted by molar-refractivity contribution is 7.80. The lowest BCUT2D eigenvalue weighted by Crippen LogP contribution is -2.45. The van der Waals surface area contributed by atoms with Gasteiger partial charge in [-0.05, 0) is 54.9 Å². The number of thiocarbonyl (C=S) groups is 1. The van der Waals surface area contributed by atoms with E-state index in [0.29, 0.717) is 16.7 Å². The third kappa shape index (κ3) is 3.42. The van der Waals surface area contributed by atoms with Crippen LogP contribution < -0.4 is 15.4 Å². The maximum Gasteiger partial charge on any atom is 0.174 e. The highest BCUT2D eigenvalue weighted by Gasteiger charge is 2.36. The van der Waals surface area contributed by atoms with Crippen LogP contribution in [0.2, 0.25) is 0 Å². The molecule has 5 nitrogen and oxygen atoms in total. The third-order valence-electron chi connectivity index (χ3n) is 4.27. The molecule has 2 aromatic rings. The summed E-state index contributed by atoms with van der Waals surface area (Å²) >= 11 is 5.52. The highest BCUT2D eigenvalue weighted by atomic mass is 32.1. The molecule has 0 aromatic carbocycles. The van der Waals surface area contributed by atoms with E-state index in [4.69, 9.17) is 17.0 Å². The van der Waals surface area contributed by atoms with E-state index in [2.05, 4.69) is 32.7 Å². The van der Waals surface area contributed by atoms with Crippen LogP contribution >= 0.6 is 12.2 Å². The van der Waals surface area contributed by atoms with E-state index in [1.165, 1.54) is 18.4 Å². The van der Waals surface area contributed by atoms with Crippen molar-refractivity contribution >= 4 is 23.1 Å². The van der Waals surface area contributed by atoms with Crippen LogP contribution in [0.1, 0.15) is 31.2 Å². The van der Waals surface area contributed by atoms with Gasteiger partial charge in [-0.3, -0.25) is 4.98 Å². The lowest BCUT2D eigenvalue weighted by Gasteiger charge is -2.32. The minimum atomic E-state index is -0.130. The average Bonchev–Trinajstić information content (AvgIpc) is 3.06. The van der Waals surface area contributed by atoms with Crippen molar-refractivity contribution in [3.8, 4) is 5.75 Å².